The van der Waals surface area contributed by atoms with Crippen molar-refractivity contribution in [3.63, 3.8) is 0 Å². The van der Waals surface area contributed by atoms with Crippen molar-refractivity contribution in [2.24, 2.45) is 0 Å². The second-order valence-corrected chi connectivity index (χ2v) is 8.06. The van der Waals surface area contributed by atoms with E-state index in [1.165, 1.54) is 5.56 Å². The molecule has 0 saturated carbocycles. The quantitative estimate of drug-likeness (QED) is 0.637. The maximum Gasteiger partial charge on any atom is 0.215 e. The zero-order valence-corrected chi connectivity index (χ0v) is 15.5. The molecule has 0 fully saturated rings. The molecule has 0 bridgehead atoms. The minimum atomic E-state index is -3.37. The molecule has 2 N–H and O–H groups in total. The van der Waals surface area contributed by atoms with Crippen LogP contribution in [0.2, 0.25) is 0 Å². The summed E-state index contributed by atoms with van der Waals surface area (Å²) in [4.78, 5) is 4.43. The third kappa shape index (κ3) is 5.50. The standard InChI is InChI=1S/C19H22N4O2S/c1-15-7-9-16(10-8-15)13-19-21-18(22-23-19)11-12-20-26(24,25)14-17-5-3-2-4-6-17/h2-10,20H,11-14H2,1H3,(H,21,22,23). The van der Waals surface area contributed by atoms with Crippen LogP contribution < -0.4 is 4.72 Å². The summed E-state index contributed by atoms with van der Waals surface area (Å²) >= 11 is 0. The Hall–Kier alpha value is -2.51. The highest BCUT2D eigenvalue weighted by molar-refractivity contribution is 7.88. The molecule has 0 aliphatic heterocycles. The molecule has 6 nitrogen and oxygen atoms in total. The van der Waals surface area contributed by atoms with Crippen molar-refractivity contribution in [1.29, 1.82) is 0 Å². The predicted molar refractivity (Wildman–Crippen MR) is 101 cm³/mol. The Labute approximate surface area is 153 Å². The van der Waals surface area contributed by atoms with Crippen molar-refractivity contribution in [1.82, 2.24) is 19.9 Å². The molecular formula is C19H22N4O2S. The van der Waals surface area contributed by atoms with Crippen LogP contribution in [0.15, 0.2) is 54.6 Å². The fraction of sp³-hybridized carbons (Fsp3) is 0.263. The van der Waals surface area contributed by atoms with Gasteiger partial charge in [-0.3, -0.25) is 5.10 Å². The topological polar surface area (TPSA) is 87.7 Å². The predicted octanol–water partition coefficient (Wildman–Crippen LogP) is 2.37. The van der Waals surface area contributed by atoms with Crippen LogP contribution in [0.4, 0.5) is 0 Å². The minimum absolute atomic E-state index is 0.0273. The van der Waals surface area contributed by atoms with Crippen LogP contribution in [-0.2, 0) is 28.6 Å². The van der Waals surface area contributed by atoms with Gasteiger partial charge in [0.25, 0.3) is 0 Å². The average Bonchev–Trinajstić information content (AvgIpc) is 3.04. The van der Waals surface area contributed by atoms with Gasteiger partial charge in [-0.1, -0.05) is 60.2 Å². The van der Waals surface area contributed by atoms with Crippen molar-refractivity contribution in [2.45, 2.75) is 25.5 Å². The summed E-state index contributed by atoms with van der Waals surface area (Å²) in [6.07, 6.45) is 1.12. The van der Waals surface area contributed by atoms with Crippen LogP contribution >= 0.6 is 0 Å². The number of sulfonamides is 1. The molecule has 136 valence electrons. The fourth-order valence-electron chi connectivity index (χ4n) is 2.59. The SMILES string of the molecule is Cc1ccc(Cc2nc(CCNS(=O)(=O)Cc3ccccc3)n[nH]2)cc1. The average molecular weight is 370 g/mol. The molecule has 3 aromatic rings. The normalized spacial score (nSPS) is 11.6. The van der Waals surface area contributed by atoms with Crippen LogP contribution in [0, 0.1) is 6.92 Å². The highest BCUT2D eigenvalue weighted by Crippen LogP contribution is 2.08. The summed E-state index contributed by atoms with van der Waals surface area (Å²) in [6.45, 7) is 2.33. The summed E-state index contributed by atoms with van der Waals surface area (Å²) in [5, 5.41) is 7.08. The summed E-state index contributed by atoms with van der Waals surface area (Å²) in [6, 6.07) is 17.4. The summed E-state index contributed by atoms with van der Waals surface area (Å²) in [5.74, 6) is 1.35. The second kappa shape index (κ2) is 8.25. The minimum Gasteiger partial charge on any atom is -0.263 e. The number of nitrogens with one attached hydrogen (secondary N) is 2. The molecule has 0 aliphatic carbocycles. The third-order valence-electron chi connectivity index (χ3n) is 3.94. The number of nitrogens with zero attached hydrogens (tertiary/aromatic N) is 2. The van der Waals surface area contributed by atoms with Crippen LogP contribution in [0.5, 0.6) is 0 Å². The van der Waals surface area contributed by atoms with Gasteiger partial charge in [-0.15, -0.1) is 0 Å². The lowest BCUT2D eigenvalue weighted by Crippen LogP contribution is -2.27. The van der Waals surface area contributed by atoms with Crippen molar-refractivity contribution >= 4 is 10.0 Å². The van der Waals surface area contributed by atoms with E-state index in [2.05, 4.69) is 51.1 Å². The number of benzene rings is 2. The number of aromatic nitrogens is 3. The van der Waals surface area contributed by atoms with E-state index >= 15 is 0 Å². The zero-order valence-electron chi connectivity index (χ0n) is 14.6. The van der Waals surface area contributed by atoms with Gasteiger partial charge >= 0.3 is 0 Å². The van der Waals surface area contributed by atoms with Gasteiger partial charge in [-0.05, 0) is 18.1 Å². The second-order valence-electron chi connectivity index (χ2n) is 6.25. The molecule has 0 radical (unpaired) electrons. The van der Waals surface area contributed by atoms with Gasteiger partial charge in [0, 0.05) is 19.4 Å². The number of aromatic amines is 1. The lowest BCUT2D eigenvalue weighted by molar-refractivity contribution is 0.580. The molecule has 0 amide bonds. The summed E-state index contributed by atoms with van der Waals surface area (Å²) in [7, 11) is -3.37. The van der Waals surface area contributed by atoms with Crippen LogP contribution in [0.1, 0.15) is 28.3 Å². The molecule has 0 spiro atoms. The van der Waals surface area contributed by atoms with Gasteiger partial charge in [0.05, 0.1) is 5.75 Å². The molecule has 7 heteroatoms. The van der Waals surface area contributed by atoms with Crippen LogP contribution in [0.3, 0.4) is 0 Å². The Morgan fingerprint density at radius 2 is 1.73 bits per heavy atom. The lowest BCUT2D eigenvalue weighted by atomic mass is 10.1. The largest absolute Gasteiger partial charge is 0.263 e. The molecule has 1 heterocycles. The first-order valence-electron chi connectivity index (χ1n) is 8.47. The zero-order chi connectivity index (χ0) is 18.4. The maximum absolute atomic E-state index is 12.1. The van der Waals surface area contributed by atoms with Gasteiger partial charge in [-0.25, -0.2) is 18.1 Å². The van der Waals surface area contributed by atoms with Crippen molar-refractivity contribution < 1.29 is 8.42 Å². The fourth-order valence-corrected chi connectivity index (χ4v) is 3.73. The van der Waals surface area contributed by atoms with Crippen molar-refractivity contribution in [2.75, 3.05) is 6.54 Å². The lowest BCUT2D eigenvalue weighted by Gasteiger charge is -2.05. The highest BCUT2D eigenvalue weighted by atomic mass is 32.2. The van der Waals surface area contributed by atoms with E-state index in [9.17, 15) is 8.42 Å². The number of hydrogen-bond acceptors (Lipinski definition) is 4. The number of hydrogen-bond donors (Lipinski definition) is 2. The van der Waals surface area contributed by atoms with E-state index in [0.717, 1.165) is 17.0 Å². The van der Waals surface area contributed by atoms with Gasteiger partial charge < -0.3 is 0 Å². The van der Waals surface area contributed by atoms with Gasteiger partial charge in [0.1, 0.15) is 5.82 Å². The number of H-pyrrole nitrogens is 1. The van der Waals surface area contributed by atoms with Gasteiger partial charge in [0.2, 0.25) is 10.0 Å². The van der Waals surface area contributed by atoms with E-state index in [0.29, 0.717) is 18.7 Å². The number of rotatable bonds is 8. The van der Waals surface area contributed by atoms with Crippen molar-refractivity contribution in [3.8, 4) is 0 Å². The summed E-state index contributed by atoms with van der Waals surface area (Å²) in [5.41, 5.74) is 3.13. The van der Waals surface area contributed by atoms with E-state index in [1.54, 1.807) is 12.1 Å². The monoisotopic (exact) mass is 370 g/mol. The Morgan fingerprint density at radius 1 is 1.00 bits per heavy atom. The molecule has 26 heavy (non-hydrogen) atoms. The molecule has 0 unspecified atom stereocenters. The molecular weight excluding hydrogens is 348 g/mol. The maximum atomic E-state index is 12.1. The highest BCUT2D eigenvalue weighted by Gasteiger charge is 2.12. The molecule has 3 rings (SSSR count). The van der Waals surface area contributed by atoms with E-state index in [4.69, 9.17) is 0 Å². The Morgan fingerprint density at radius 3 is 2.46 bits per heavy atom. The first-order valence-corrected chi connectivity index (χ1v) is 10.1. The Kier molecular flexibility index (Phi) is 5.80. The van der Waals surface area contributed by atoms with Crippen LogP contribution in [-0.4, -0.2) is 30.1 Å². The van der Waals surface area contributed by atoms with Crippen LogP contribution in [0.25, 0.3) is 0 Å². The molecule has 0 saturated heterocycles. The van der Waals surface area contributed by atoms with E-state index in [1.807, 2.05) is 18.2 Å². The first-order chi connectivity index (χ1) is 12.5. The third-order valence-corrected chi connectivity index (χ3v) is 5.30. The van der Waals surface area contributed by atoms with E-state index in [-0.39, 0.29) is 12.3 Å². The molecule has 2 aromatic carbocycles. The Bertz CT molecular complexity index is 935. The number of aryl methyl sites for hydroxylation is 1. The molecule has 1 aromatic heterocycles. The van der Waals surface area contributed by atoms with Crippen molar-refractivity contribution in [3.05, 3.63) is 82.9 Å². The first kappa shape index (κ1) is 18.3. The Balaban J connectivity index is 1.49. The van der Waals surface area contributed by atoms with E-state index < -0.39 is 10.0 Å². The van der Waals surface area contributed by atoms with Gasteiger partial charge in [0.15, 0.2) is 5.82 Å². The smallest absolute Gasteiger partial charge is 0.215 e. The molecule has 0 atom stereocenters. The summed E-state index contributed by atoms with van der Waals surface area (Å²) < 4.78 is 26.8. The molecule has 0 aliphatic rings. The van der Waals surface area contributed by atoms with Gasteiger partial charge in [-0.2, -0.15) is 5.10 Å².